The van der Waals surface area contributed by atoms with Gasteiger partial charge in [-0.3, -0.25) is 0 Å². The van der Waals surface area contributed by atoms with Gasteiger partial charge in [-0.1, -0.05) is 34.6 Å². The van der Waals surface area contributed by atoms with Gasteiger partial charge in [-0.05, 0) is 18.3 Å². The van der Waals surface area contributed by atoms with E-state index in [0.29, 0.717) is 12.5 Å². The van der Waals surface area contributed by atoms with Crippen molar-refractivity contribution in [2.24, 2.45) is 11.3 Å². The molecule has 1 aromatic heterocycles. The molecule has 0 radical (unpaired) electrons. The molecule has 0 saturated carbocycles. The highest BCUT2D eigenvalue weighted by Crippen LogP contribution is 2.35. The number of hydrogen-bond donors (Lipinski definition) is 1. The van der Waals surface area contributed by atoms with Gasteiger partial charge in [0.2, 0.25) is 5.13 Å². The van der Waals surface area contributed by atoms with Gasteiger partial charge in [-0.2, -0.15) is 4.37 Å². The number of hydrogen-bond acceptors (Lipinski definition) is 5. The van der Waals surface area contributed by atoms with E-state index in [1.54, 1.807) is 0 Å². The average Bonchev–Trinajstić information content (AvgIpc) is 2.69. The van der Waals surface area contributed by atoms with E-state index in [-0.39, 0.29) is 11.5 Å². The number of nitrogens with zero attached hydrogens (tertiary/aromatic N) is 2. The van der Waals surface area contributed by atoms with Crippen LogP contribution in [0.2, 0.25) is 0 Å². The van der Waals surface area contributed by atoms with Crippen molar-refractivity contribution in [2.45, 2.75) is 47.6 Å². The minimum absolute atomic E-state index is 0.00635. The first kappa shape index (κ1) is 15.4. The Bertz CT molecular complexity index is 357. The summed E-state index contributed by atoms with van der Waals surface area (Å²) in [5.74, 6) is 1.39. The highest BCUT2D eigenvalue weighted by Gasteiger charge is 2.30. The molecular weight excluding hydrogens is 246 g/mol. The van der Waals surface area contributed by atoms with Crippen molar-refractivity contribution in [3.05, 3.63) is 5.82 Å². The van der Waals surface area contributed by atoms with Crippen LogP contribution in [0.5, 0.6) is 0 Å². The second-order valence-electron chi connectivity index (χ2n) is 5.93. The molecule has 0 saturated heterocycles. The van der Waals surface area contributed by atoms with E-state index in [0.717, 1.165) is 17.5 Å². The maximum atomic E-state index is 5.79. The van der Waals surface area contributed by atoms with Crippen LogP contribution in [0, 0.1) is 11.3 Å². The maximum Gasteiger partial charge on any atom is 0.202 e. The van der Waals surface area contributed by atoms with Gasteiger partial charge in [-0.25, -0.2) is 4.98 Å². The lowest BCUT2D eigenvalue weighted by Crippen LogP contribution is -2.22. The number of rotatable bonds is 6. The fourth-order valence-electron chi connectivity index (χ4n) is 1.58. The third-order valence-electron chi connectivity index (χ3n) is 2.46. The molecule has 0 amide bonds. The van der Waals surface area contributed by atoms with Crippen molar-refractivity contribution in [1.29, 1.82) is 0 Å². The average molecular weight is 271 g/mol. The van der Waals surface area contributed by atoms with Gasteiger partial charge in [0.15, 0.2) is 5.82 Å². The fraction of sp³-hybridized carbons (Fsp3) is 0.846. The summed E-state index contributed by atoms with van der Waals surface area (Å²) in [6.45, 7) is 14.4. The van der Waals surface area contributed by atoms with Crippen molar-refractivity contribution in [3.63, 3.8) is 0 Å². The van der Waals surface area contributed by atoms with Crippen LogP contribution in [-0.4, -0.2) is 22.5 Å². The Morgan fingerprint density at radius 3 is 2.50 bits per heavy atom. The van der Waals surface area contributed by atoms with Crippen molar-refractivity contribution in [3.8, 4) is 0 Å². The van der Waals surface area contributed by atoms with E-state index in [1.165, 1.54) is 11.5 Å². The molecule has 0 aliphatic heterocycles. The van der Waals surface area contributed by atoms with Gasteiger partial charge in [0.25, 0.3) is 0 Å². The predicted octanol–water partition coefficient (Wildman–Crippen LogP) is 3.73. The number of aromatic nitrogens is 2. The van der Waals surface area contributed by atoms with Crippen molar-refractivity contribution in [1.82, 2.24) is 9.36 Å². The Hall–Kier alpha value is -0.680. The van der Waals surface area contributed by atoms with E-state index in [2.05, 4.69) is 49.3 Å². The minimum Gasteiger partial charge on any atom is -0.370 e. The van der Waals surface area contributed by atoms with Gasteiger partial charge in [0, 0.05) is 24.7 Å². The molecule has 1 unspecified atom stereocenters. The Morgan fingerprint density at radius 1 is 1.33 bits per heavy atom. The number of nitrogens with one attached hydrogen (secondary N) is 1. The summed E-state index contributed by atoms with van der Waals surface area (Å²) in [4.78, 5) is 4.54. The van der Waals surface area contributed by atoms with Crippen molar-refractivity contribution < 1.29 is 4.74 Å². The molecule has 1 N–H and O–H groups in total. The summed E-state index contributed by atoms with van der Waals surface area (Å²) in [6.07, 6.45) is -0.0478. The fourth-order valence-corrected chi connectivity index (χ4v) is 2.18. The molecule has 0 aromatic carbocycles. The standard InChI is InChI=1S/C13H25N3OS/c1-7-17-10(13(4,5)6)11-15-12(18-16-11)14-8-9(2)3/h9-10H,7-8H2,1-6H3,(H,14,15,16). The Labute approximate surface area is 114 Å². The molecule has 0 bridgehead atoms. The molecule has 18 heavy (non-hydrogen) atoms. The summed E-state index contributed by atoms with van der Waals surface area (Å²) >= 11 is 1.41. The van der Waals surface area contributed by atoms with Crippen LogP contribution in [-0.2, 0) is 4.74 Å². The normalized spacial score (nSPS) is 13.9. The molecule has 0 aliphatic carbocycles. The largest absolute Gasteiger partial charge is 0.370 e. The molecule has 1 rings (SSSR count). The zero-order chi connectivity index (χ0) is 13.8. The van der Waals surface area contributed by atoms with Crippen molar-refractivity contribution >= 4 is 16.7 Å². The SMILES string of the molecule is CCOC(c1nsc(NCC(C)C)n1)C(C)(C)C. The van der Waals surface area contributed by atoms with Crippen LogP contribution in [0.25, 0.3) is 0 Å². The van der Waals surface area contributed by atoms with Crippen LogP contribution < -0.4 is 5.32 Å². The summed E-state index contributed by atoms with van der Waals surface area (Å²) < 4.78 is 10.2. The van der Waals surface area contributed by atoms with Gasteiger partial charge in [-0.15, -0.1) is 0 Å². The first-order valence-corrected chi connectivity index (χ1v) is 7.31. The molecule has 5 heteroatoms. The summed E-state index contributed by atoms with van der Waals surface area (Å²) in [7, 11) is 0. The van der Waals surface area contributed by atoms with Crippen molar-refractivity contribution in [2.75, 3.05) is 18.5 Å². The van der Waals surface area contributed by atoms with Gasteiger partial charge >= 0.3 is 0 Å². The smallest absolute Gasteiger partial charge is 0.202 e. The van der Waals surface area contributed by atoms with E-state index in [4.69, 9.17) is 4.74 Å². The Balaban J connectivity index is 2.75. The third-order valence-corrected chi connectivity index (χ3v) is 3.14. The number of anilines is 1. The lowest BCUT2D eigenvalue weighted by atomic mass is 9.88. The van der Waals surface area contributed by atoms with Crippen LogP contribution in [0.15, 0.2) is 0 Å². The molecule has 0 spiro atoms. The summed E-state index contributed by atoms with van der Waals surface area (Å²) in [5, 5.41) is 4.18. The minimum atomic E-state index is -0.0478. The van der Waals surface area contributed by atoms with E-state index >= 15 is 0 Å². The first-order chi connectivity index (χ1) is 8.34. The molecule has 1 atom stereocenters. The van der Waals surface area contributed by atoms with Crippen LogP contribution in [0.1, 0.15) is 53.5 Å². The Morgan fingerprint density at radius 2 is 2.00 bits per heavy atom. The topological polar surface area (TPSA) is 47.0 Å². The summed E-state index contributed by atoms with van der Waals surface area (Å²) in [6, 6.07) is 0. The van der Waals surface area contributed by atoms with E-state index in [1.807, 2.05) is 6.92 Å². The highest BCUT2D eigenvalue weighted by atomic mass is 32.1. The van der Waals surface area contributed by atoms with Gasteiger partial charge in [0.05, 0.1) is 0 Å². The molecule has 1 aromatic rings. The lowest BCUT2D eigenvalue weighted by Gasteiger charge is -2.27. The molecule has 104 valence electrons. The van der Waals surface area contributed by atoms with Gasteiger partial charge < -0.3 is 10.1 Å². The first-order valence-electron chi connectivity index (χ1n) is 6.53. The van der Waals surface area contributed by atoms with Crippen LogP contribution >= 0.6 is 11.5 Å². The van der Waals surface area contributed by atoms with Crippen LogP contribution in [0.3, 0.4) is 0 Å². The maximum absolute atomic E-state index is 5.79. The molecule has 1 heterocycles. The second-order valence-corrected chi connectivity index (χ2v) is 6.69. The third kappa shape index (κ3) is 4.53. The zero-order valence-electron chi connectivity index (χ0n) is 12.3. The zero-order valence-corrected chi connectivity index (χ0v) is 13.1. The monoisotopic (exact) mass is 271 g/mol. The molecular formula is C13H25N3OS. The quantitative estimate of drug-likeness (QED) is 0.856. The lowest BCUT2D eigenvalue weighted by molar-refractivity contribution is -0.0183. The van der Waals surface area contributed by atoms with E-state index < -0.39 is 0 Å². The second kappa shape index (κ2) is 6.48. The highest BCUT2D eigenvalue weighted by molar-refractivity contribution is 7.09. The molecule has 0 fully saturated rings. The van der Waals surface area contributed by atoms with Gasteiger partial charge in [0.1, 0.15) is 6.10 Å². The summed E-state index contributed by atoms with van der Waals surface area (Å²) in [5.41, 5.74) is 0.00635. The molecule has 4 nitrogen and oxygen atoms in total. The Kier molecular flexibility index (Phi) is 5.53. The predicted molar refractivity (Wildman–Crippen MR) is 77.1 cm³/mol. The number of ether oxygens (including phenoxy) is 1. The van der Waals surface area contributed by atoms with E-state index in [9.17, 15) is 0 Å². The van der Waals surface area contributed by atoms with Crippen LogP contribution in [0.4, 0.5) is 5.13 Å². The molecule has 0 aliphatic rings.